The highest BCUT2D eigenvalue weighted by atomic mass is 32.1. The summed E-state index contributed by atoms with van der Waals surface area (Å²) in [6.07, 6.45) is 2.40. The van der Waals surface area contributed by atoms with Crippen molar-refractivity contribution in [2.24, 2.45) is 23.1 Å². The highest BCUT2D eigenvalue weighted by molar-refractivity contribution is 7.80. The Bertz CT molecular complexity index is 3440. The van der Waals surface area contributed by atoms with Crippen LogP contribution in [0.15, 0.2) is 158 Å². The van der Waals surface area contributed by atoms with E-state index in [0.717, 1.165) is 38.4 Å². The molecule has 0 saturated heterocycles. The molecule has 15 N–H and O–H groups in total. The second kappa shape index (κ2) is 32.2. The summed E-state index contributed by atoms with van der Waals surface area (Å²) in [5.74, 6) is -7.67. The fraction of sp³-hybridized carbons (Fsp3) is 0.323. The number of aromatic amines is 1. The summed E-state index contributed by atoms with van der Waals surface area (Å²) in [6, 6.07) is 34.9. The van der Waals surface area contributed by atoms with Gasteiger partial charge in [-0.2, -0.15) is 25.3 Å². The van der Waals surface area contributed by atoms with Gasteiger partial charge in [0.2, 0.25) is 47.3 Å². The Morgan fingerprint density at radius 3 is 1.57 bits per heavy atom. The first-order valence-corrected chi connectivity index (χ1v) is 30.1. The molecule has 8 atom stereocenters. The Kier molecular flexibility index (Phi) is 24.3. The monoisotopic (exact) mass is 1220 g/mol. The van der Waals surface area contributed by atoms with Gasteiger partial charge in [-0.15, -0.1) is 0 Å². The first-order chi connectivity index (χ1) is 41.9. The van der Waals surface area contributed by atoms with Crippen LogP contribution in [0.1, 0.15) is 66.8 Å². The van der Waals surface area contributed by atoms with Crippen LogP contribution in [0.3, 0.4) is 0 Å². The number of thiol groups is 2. The van der Waals surface area contributed by atoms with Crippen LogP contribution in [0.2, 0.25) is 0 Å². The number of aromatic hydroxyl groups is 1. The summed E-state index contributed by atoms with van der Waals surface area (Å²) in [6.45, 7) is 3.64. The van der Waals surface area contributed by atoms with Gasteiger partial charge >= 0.3 is 0 Å². The van der Waals surface area contributed by atoms with Gasteiger partial charge in [-0.05, 0) is 88.5 Å². The predicted molar refractivity (Wildman–Crippen MR) is 342 cm³/mol. The van der Waals surface area contributed by atoms with Crippen LogP contribution < -0.4 is 54.4 Å². The van der Waals surface area contributed by atoms with Gasteiger partial charge in [0.25, 0.3) is 0 Å². The molecule has 1 aromatic heterocycles. The van der Waals surface area contributed by atoms with Crippen molar-refractivity contribution >= 4 is 94.2 Å². The molecule has 8 amide bonds. The standard InChI is InChI=1S/C65H77N11O9S2/c1-38(2)57(65(85)75-54(37-87)62(82)71-50(58(68)78)33-40-24-27-41-15-9-10-20-44(41)31-40)76-59(79)49(23-13-14-30-66)70-61(81)52(34-45-35-69-48-22-12-11-21-47(45)48)73-60(80)51(32-39-25-28-46(77)29-26-39)72-63(83)53(36-86)74-64(84)56(67)55(42-16-5-3-6-17-42)43-18-7-4-8-19-43/h3-12,15-22,24-29,31,35,38,49-57,69,77,86-87H,13-14,23,30,32-34,36-37,66-67H2,1-2H3,(H2,68,78)(H,70,81)(H,71,82)(H,72,83)(H,73,80)(H,74,84)(H,75,85)(H,76,79)/t49-,50-,51-,52+,53+,54-,56+,57-/m0/s1. The maximum Gasteiger partial charge on any atom is 0.244 e. The van der Waals surface area contributed by atoms with Crippen LogP contribution in [-0.2, 0) is 57.6 Å². The van der Waals surface area contributed by atoms with Crippen molar-refractivity contribution in [3.63, 3.8) is 0 Å². The molecular weight excluding hydrogens is 1140 g/mol. The number of unbranched alkanes of at least 4 members (excludes halogenated alkanes) is 1. The third-order valence-electron chi connectivity index (χ3n) is 15.1. The summed E-state index contributed by atoms with van der Waals surface area (Å²) < 4.78 is 0. The average Bonchev–Trinajstić information content (AvgIpc) is 3.31. The van der Waals surface area contributed by atoms with Crippen molar-refractivity contribution in [3.05, 3.63) is 186 Å². The molecule has 0 aliphatic heterocycles. The zero-order valence-corrected chi connectivity index (χ0v) is 50.3. The van der Waals surface area contributed by atoms with Crippen LogP contribution in [0, 0.1) is 5.92 Å². The molecule has 7 rings (SSSR count). The van der Waals surface area contributed by atoms with Crippen molar-refractivity contribution in [1.29, 1.82) is 0 Å². The van der Waals surface area contributed by atoms with E-state index < -0.39 is 107 Å². The van der Waals surface area contributed by atoms with Gasteiger partial charge in [-0.1, -0.05) is 147 Å². The molecule has 0 bridgehead atoms. The number of primary amides is 1. The molecule has 0 aliphatic carbocycles. The molecule has 0 spiro atoms. The van der Waals surface area contributed by atoms with Crippen molar-refractivity contribution in [3.8, 4) is 5.75 Å². The van der Waals surface area contributed by atoms with Gasteiger partial charge in [-0.25, -0.2) is 0 Å². The van der Waals surface area contributed by atoms with Gasteiger partial charge in [0.05, 0.1) is 6.04 Å². The predicted octanol–water partition coefficient (Wildman–Crippen LogP) is 3.74. The quantitative estimate of drug-likeness (QED) is 0.0219. The number of benzene rings is 6. The van der Waals surface area contributed by atoms with Gasteiger partial charge in [-0.3, -0.25) is 38.4 Å². The molecular formula is C65H77N11O9S2. The molecule has 0 radical (unpaired) electrons. The number of para-hydroxylation sites is 1. The Balaban J connectivity index is 1.10. The number of carbonyl (C=O) groups excluding carboxylic acids is 8. The lowest BCUT2D eigenvalue weighted by molar-refractivity contribution is -0.136. The molecule has 0 saturated carbocycles. The molecule has 0 unspecified atom stereocenters. The highest BCUT2D eigenvalue weighted by Crippen LogP contribution is 2.28. The second-order valence-corrected chi connectivity index (χ2v) is 22.5. The number of aromatic nitrogens is 1. The molecule has 7 aromatic rings. The number of fused-ring (bicyclic) bond motifs is 2. The van der Waals surface area contributed by atoms with E-state index in [4.69, 9.17) is 17.2 Å². The normalized spacial score (nSPS) is 14.1. The number of hydrogen-bond acceptors (Lipinski definition) is 13. The first-order valence-electron chi connectivity index (χ1n) is 28.9. The van der Waals surface area contributed by atoms with Crippen molar-refractivity contribution < 1.29 is 43.5 Å². The fourth-order valence-corrected chi connectivity index (χ4v) is 10.8. The summed E-state index contributed by atoms with van der Waals surface area (Å²) in [7, 11) is 0. The lowest BCUT2D eigenvalue weighted by Gasteiger charge is -2.29. The minimum atomic E-state index is -1.41. The lowest BCUT2D eigenvalue weighted by Crippen LogP contribution is -2.61. The molecule has 20 nitrogen and oxygen atoms in total. The average molecular weight is 1220 g/mol. The number of amides is 8. The number of nitrogens with one attached hydrogen (secondary N) is 8. The van der Waals surface area contributed by atoms with Crippen LogP contribution in [0.25, 0.3) is 21.7 Å². The molecule has 87 heavy (non-hydrogen) atoms. The molecule has 458 valence electrons. The van der Waals surface area contributed by atoms with Crippen LogP contribution in [0.5, 0.6) is 5.75 Å². The van der Waals surface area contributed by atoms with E-state index in [0.29, 0.717) is 24.0 Å². The number of nitrogens with two attached hydrogens (primary N) is 3. The van der Waals surface area contributed by atoms with E-state index in [1.165, 1.54) is 12.1 Å². The number of phenolic OH excluding ortho intramolecular Hbond substituents is 1. The maximum atomic E-state index is 15.0. The molecule has 22 heteroatoms. The van der Waals surface area contributed by atoms with Crippen molar-refractivity contribution in [1.82, 2.24) is 42.2 Å². The fourth-order valence-electron chi connectivity index (χ4n) is 10.3. The Hall–Kier alpha value is -8.70. The summed E-state index contributed by atoms with van der Waals surface area (Å²) >= 11 is 8.77. The zero-order valence-electron chi connectivity index (χ0n) is 48.5. The number of phenols is 1. The van der Waals surface area contributed by atoms with E-state index in [1.807, 2.05) is 127 Å². The Morgan fingerprint density at radius 2 is 0.989 bits per heavy atom. The largest absolute Gasteiger partial charge is 0.508 e. The van der Waals surface area contributed by atoms with Gasteiger partial charge in [0, 0.05) is 53.8 Å². The summed E-state index contributed by atoms with van der Waals surface area (Å²) in [4.78, 5) is 117. The number of H-pyrrole nitrogens is 1. The minimum Gasteiger partial charge on any atom is -0.508 e. The van der Waals surface area contributed by atoms with E-state index in [9.17, 15) is 43.5 Å². The number of hydrogen-bond donors (Lipinski definition) is 14. The van der Waals surface area contributed by atoms with E-state index in [2.05, 4.69) is 67.5 Å². The SMILES string of the molecule is CC(C)[C@H](NC(=O)[C@H](CCCCN)NC(=O)[C@@H](Cc1c[nH]c2ccccc12)NC(=O)[C@H](Cc1ccc(O)cc1)NC(=O)[C@@H](CS)NC(=O)[C@H](N)C(c1ccccc1)c1ccccc1)C(=O)N[C@@H](CS)C(=O)N[C@@H](Cc1ccc2ccccc2c1)C(N)=O. The Labute approximate surface area is 516 Å². The zero-order chi connectivity index (χ0) is 62.6. The molecule has 0 aliphatic rings. The van der Waals surface area contributed by atoms with Gasteiger partial charge in [0.1, 0.15) is 48.0 Å². The third kappa shape index (κ3) is 18.4. The van der Waals surface area contributed by atoms with Gasteiger partial charge in [0.15, 0.2) is 0 Å². The Morgan fingerprint density at radius 1 is 0.506 bits per heavy atom. The van der Waals surface area contributed by atoms with Gasteiger partial charge < -0.3 is 64.5 Å². The van der Waals surface area contributed by atoms with Crippen molar-refractivity contribution in [2.45, 2.75) is 107 Å². The smallest absolute Gasteiger partial charge is 0.244 e. The van der Waals surface area contributed by atoms with E-state index >= 15 is 0 Å². The van der Waals surface area contributed by atoms with E-state index in [1.54, 1.807) is 32.2 Å². The van der Waals surface area contributed by atoms with Crippen LogP contribution >= 0.6 is 25.3 Å². The molecule has 6 aromatic carbocycles. The van der Waals surface area contributed by atoms with Crippen LogP contribution in [0.4, 0.5) is 0 Å². The first kappa shape index (κ1) is 65.8. The van der Waals surface area contributed by atoms with E-state index in [-0.39, 0.29) is 49.5 Å². The maximum absolute atomic E-state index is 15.0. The van der Waals surface area contributed by atoms with Crippen molar-refractivity contribution in [2.75, 3.05) is 18.1 Å². The number of rotatable bonds is 31. The third-order valence-corrected chi connectivity index (χ3v) is 15.8. The second-order valence-electron chi connectivity index (χ2n) is 21.8. The molecule has 0 fully saturated rings. The summed E-state index contributed by atoms with van der Waals surface area (Å²) in [5, 5.41) is 32.1. The molecule has 1 heterocycles. The highest BCUT2D eigenvalue weighted by Gasteiger charge is 2.36. The minimum absolute atomic E-state index is 0.0450. The summed E-state index contributed by atoms with van der Waals surface area (Å²) in [5.41, 5.74) is 22.5. The number of carbonyl (C=O) groups is 8. The van der Waals surface area contributed by atoms with Crippen LogP contribution in [-0.4, -0.2) is 124 Å². The lowest BCUT2D eigenvalue weighted by atomic mass is 9.85. The topological polar surface area (TPSA) is 335 Å².